The van der Waals surface area contributed by atoms with Gasteiger partial charge in [-0.3, -0.25) is 4.98 Å². The van der Waals surface area contributed by atoms with Crippen molar-refractivity contribution >= 4 is 43.9 Å². The molecule has 0 N–H and O–H groups in total. The molecule has 0 aliphatic carbocycles. The van der Waals surface area contributed by atoms with Crippen molar-refractivity contribution in [1.29, 1.82) is 0 Å². The zero-order valence-electron chi connectivity index (χ0n) is 18.1. The molecule has 0 fully saturated rings. The largest absolute Gasteiger partial charge is 0.426 e. The summed E-state index contributed by atoms with van der Waals surface area (Å²) in [7, 11) is 0. The van der Waals surface area contributed by atoms with E-state index in [1.165, 1.54) is 25.7 Å². The van der Waals surface area contributed by atoms with E-state index in [1.807, 2.05) is 23.6 Å². The summed E-state index contributed by atoms with van der Waals surface area (Å²) in [5, 5.41) is 2.58. The fourth-order valence-corrected chi connectivity index (χ4v) is 4.76. The van der Waals surface area contributed by atoms with Crippen LogP contribution in [0.2, 0.25) is 6.82 Å². The molecule has 148 valence electrons. The number of thiophene rings is 1. The van der Waals surface area contributed by atoms with Crippen LogP contribution in [0.1, 0.15) is 34.6 Å². The SMILES string of the molecule is CB(OC(C)(C)C(C)(C)C)c1cccnc1-c1cccc2sc3ccccc3c12. The second-order valence-electron chi connectivity index (χ2n) is 9.24. The Balaban J connectivity index is 1.86. The molecule has 0 radical (unpaired) electrons. The maximum Gasteiger partial charge on any atom is 0.326 e. The monoisotopic (exact) mass is 401 g/mol. The summed E-state index contributed by atoms with van der Waals surface area (Å²) in [6.45, 7) is 13.1. The van der Waals surface area contributed by atoms with Crippen LogP contribution in [0.3, 0.4) is 0 Å². The molecular formula is C25H28BNOS. The Morgan fingerprint density at radius 2 is 1.59 bits per heavy atom. The molecule has 4 heteroatoms. The van der Waals surface area contributed by atoms with Crippen molar-refractivity contribution in [2.24, 2.45) is 5.41 Å². The Hall–Kier alpha value is -2.17. The lowest BCUT2D eigenvalue weighted by Crippen LogP contribution is -2.47. The Bertz CT molecular complexity index is 1170. The summed E-state index contributed by atoms with van der Waals surface area (Å²) in [6.07, 6.45) is 1.88. The highest BCUT2D eigenvalue weighted by atomic mass is 32.1. The fourth-order valence-electron chi connectivity index (χ4n) is 3.63. The lowest BCUT2D eigenvalue weighted by Gasteiger charge is -2.41. The molecule has 0 aliphatic rings. The topological polar surface area (TPSA) is 22.1 Å². The lowest BCUT2D eigenvalue weighted by atomic mass is 9.60. The molecule has 2 aromatic heterocycles. The quantitative estimate of drug-likeness (QED) is 0.352. The van der Waals surface area contributed by atoms with Gasteiger partial charge in [0.25, 0.3) is 0 Å². The van der Waals surface area contributed by atoms with Gasteiger partial charge in [0.2, 0.25) is 0 Å². The Kier molecular flexibility index (Phi) is 5.04. The number of hydrogen-bond acceptors (Lipinski definition) is 3. The number of rotatable bonds is 4. The third-order valence-electron chi connectivity index (χ3n) is 6.21. The van der Waals surface area contributed by atoms with E-state index in [0.29, 0.717) is 0 Å². The molecule has 0 bridgehead atoms. The number of pyridine rings is 1. The van der Waals surface area contributed by atoms with E-state index in [-0.39, 0.29) is 17.9 Å². The number of aromatic nitrogens is 1. The average molecular weight is 401 g/mol. The maximum absolute atomic E-state index is 6.59. The molecule has 29 heavy (non-hydrogen) atoms. The van der Waals surface area contributed by atoms with Crippen LogP contribution in [0.15, 0.2) is 60.8 Å². The van der Waals surface area contributed by atoms with E-state index in [9.17, 15) is 0 Å². The van der Waals surface area contributed by atoms with Crippen molar-refractivity contribution in [3.05, 3.63) is 60.8 Å². The van der Waals surface area contributed by atoms with E-state index >= 15 is 0 Å². The summed E-state index contributed by atoms with van der Waals surface area (Å²) < 4.78 is 9.20. The third kappa shape index (κ3) is 3.60. The maximum atomic E-state index is 6.59. The normalized spacial score (nSPS) is 12.6. The van der Waals surface area contributed by atoms with Crippen LogP contribution in [0, 0.1) is 5.41 Å². The smallest absolute Gasteiger partial charge is 0.326 e. The Morgan fingerprint density at radius 3 is 2.34 bits per heavy atom. The zero-order valence-corrected chi connectivity index (χ0v) is 18.9. The lowest BCUT2D eigenvalue weighted by molar-refractivity contribution is 0.000461. The molecule has 0 saturated heterocycles. The second kappa shape index (κ2) is 7.26. The molecule has 0 atom stereocenters. The van der Waals surface area contributed by atoms with Gasteiger partial charge in [0.1, 0.15) is 0 Å². The highest BCUT2D eigenvalue weighted by Crippen LogP contribution is 2.39. The van der Waals surface area contributed by atoms with E-state index in [2.05, 4.69) is 90.0 Å². The molecule has 0 spiro atoms. The summed E-state index contributed by atoms with van der Waals surface area (Å²) in [4.78, 5) is 4.82. The molecular weight excluding hydrogens is 373 g/mol. The number of benzene rings is 2. The standard InChI is InChI=1S/C25H28BNOS/c1-24(2,3)25(4,5)28-26(6)19-13-10-16-27-23(19)18-12-9-15-21-22(18)17-11-7-8-14-20(17)29-21/h7-16H,1-6H3. The van der Waals surface area contributed by atoms with Crippen molar-refractivity contribution < 1.29 is 4.65 Å². The summed E-state index contributed by atoms with van der Waals surface area (Å²) in [5.74, 6) is 0. The van der Waals surface area contributed by atoms with Gasteiger partial charge in [0.05, 0.1) is 11.3 Å². The minimum absolute atomic E-state index is 0.0349. The van der Waals surface area contributed by atoms with Crippen molar-refractivity contribution in [1.82, 2.24) is 4.98 Å². The van der Waals surface area contributed by atoms with Gasteiger partial charge in [-0.2, -0.15) is 0 Å². The van der Waals surface area contributed by atoms with Crippen molar-refractivity contribution in [2.45, 2.75) is 47.0 Å². The first-order chi connectivity index (χ1) is 13.7. The van der Waals surface area contributed by atoms with Crippen molar-refractivity contribution in [3.63, 3.8) is 0 Å². The second-order valence-corrected chi connectivity index (χ2v) is 10.3. The highest BCUT2D eigenvalue weighted by Gasteiger charge is 2.36. The summed E-state index contributed by atoms with van der Waals surface area (Å²) in [6, 6.07) is 19.3. The van der Waals surface area contributed by atoms with Gasteiger partial charge in [0, 0.05) is 31.9 Å². The van der Waals surface area contributed by atoms with Crippen LogP contribution in [-0.4, -0.2) is 17.5 Å². The van der Waals surface area contributed by atoms with Gasteiger partial charge < -0.3 is 4.65 Å². The first-order valence-electron chi connectivity index (χ1n) is 10.2. The van der Waals surface area contributed by atoms with Crippen LogP contribution in [-0.2, 0) is 4.65 Å². The van der Waals surface area contributed by atoms with Crippen molar-refractivity contribution in [3.8, 4) is 11.3 Å². The molecule has 4 aromatic rings. The van der Waals surface area contributed by atoms with Gasteiger partial charge in [-0.15, -0.1) is 11.3 Å². The van der Waals surface area contributed by atoms with Crippen LogP contribution >= 0.6 is 11.3 Å². The first-order valence-corrected chi connectivity index (χ1v) is 11.0. The molecule has 2 aromatic carbocycles. The zero-order chi connectivity index (χ0) is 20.8. The van der Waals surface area contributed by atoms with Crippen LogP contribution < -0.4 is 5.46 Å². The van der Waals surface area contributed by atoms with Crippen LogP contribution in [0.5, 0.6) is 0 Å². The van der Waals surface area contributed by atoms with Crippen LogP contribution in [0.4, 0.5) is 0 Å². The van der Waals surface area contributed by atoms with Gasteiger partial charge in [0.15, 0.2) is 0 Å². The van der Waals surface area contributed by atoms with E-state index in [1.54, 1.807) is 0 Å². The van der Waals surface area contributed by atoms with E-state index < -0.39 is 0 Å². The van der Waals surface area contributed by atoms with Gasteiger partial charge in [-0.1, -0.05) is 64.0 Å². The molecule has 4 rings (SSSR count). The molecule has 2 nitrogen and oxygen atoms in total. The van der Waals surface area contributed by atoms with E-state index in [0.717, 1.165) is 11.2 Å². The first kappa shape index (κ1) is 20.1. The molecule has 0 amide bonds. The predicted molar refractivity (Wildman–Crippen MR) is 128 cm³/mol. The van der Waals surface area contributed by atoms with Gasteiger partial charge in [-0.25, -0.2) is 0 Å². The van der Waals surface area contributed by atoms with Crippen molar-refractivity contribution in [2.75, 3.05) is 0 Å². The predicted octanol–water partition coefficient (Wildman–Crippen LogP) is 6.79. The summed E-state index contributed by atoms with van der Waals surface area (Å²) in [5.41, 5.74) is 3.10. The Labute approximate surface area is 178 Å². The van der Waals surface area contributed by atoms with Crippen LogP contribution in [0.25, 0.3) is 31.4 Å². The Morgan fingerprint density at radius 1 is 0.862 bits per heavy atom. The molecule has 0 saturated carbocycles. The summed E-state index contributed by atoms with van der Waals surface area (Å²) >= 11 is 1.84. The number of nitrogens with zero attached hydrogens (tertiary/aromatic N) is 1. The third-order valence-corrected chi connectivity index (χ3v) is 7.35. The minimum atomic E-state index is -0.263. The minimum Gasteiger partial charge on any atom is -0.426 e. The molecule has 0 unspecified atom stereocenters. The number of hydrogen-bond donors (Lipinski definition) is 0. The molecule has 2 heterocycles. The van der Waals surface area contributed by atoms with E-state index in [4.69, 9.17) is 9.64 Å². The van der Waals surface area contributed by atoms with Gasteiger partial charge in [-0.05, 0) is 42.9 Å². The molecule has 0 aliphatic heterocycles. The number of fused-ring (bicyclic) bond motifs is 3. The fraction of sp³-hybridized carbons (Fsp3) is 0.320. The van der Waals surface area contributed by atoms with Gasteiger partial charge >= 0.3 is 6.92 Å². The average Bonchev–Trinajstić information content (AvgIpc) is 3.05. The highest BCUT2D eigenvalue weighted by molar-refractivity contribution is 7.25.